The molecule has 0 amide bonds. The molecule has 0 rings (SSSR count). The molecule has 0 aliphatic heterocycles. The lowest BCUT2D eigenvalue weighted by atomic mass is 10.9. The van der Waals surface area contributed by atoms with Gasteiger partial charge in [0.25, 0.3) is 0 Å². The van der Waals surface area contributed by atoms with Crippen molar-refractivity contribution >= 4 is 18.6 Å². The number of hydrogen-bond donors (Lipinski definition) is 0. The van der Waals surface area contributed by atoms with E-state index in [9.17, 15) is 0 Å². The first-order valence-electron chi connectivity index (χ1n) is 6.14. The lowest BCUT2D eigenvalue weighted by molar-refractivity contribution is 0.0226. The molecule has 0 aliphatic rings. The average molecular weight is 316 g/mol. The highest BCUT2D eigenvalue weighted by Gasteiger charge is 2.40. The molecule has 0 spiro atoms. The maximum atomic E-state index is 5.22. The van der Waals surface area contributed by atoms with Crippen LogP contribution < -0.4 is 0 Å². The van der Waals surface area contributed by atoms with Crippen LogP contribution in [-0.4, -0.2) is 66.8 Å². The van der Waals surface area contributed by atoms with Crippen molar-refractivity contribution < 1.29 is 31.0 Å². The molecule has 9 heteroatoms. The molecule has 0 bridgehead atoms. The van der Waals surface area contributed by atoms with Gasteiger partial charge in [0.15, 0.2) is 0 Å². The molecule has 0 aliphatic carbocycles. The van der Waals surface area contributed by atoms with E-state index in [-0.39, 0.29) is 0 Å². The smallest absolute Gasteiger partial charge is 0.376 e. The van der Waals surface area contributed by atoms with Crippen LogP contribution in [0.3, 0.4) is 0 Å². The molecule has 0 fully saturated rings. The summed E-state index contributed by atoms with van der Waals surface area (Å²) in [6.07, 6.45) is 0. The number of rotatable bonds is 10. The molecule has 0 aromatic heterocycles. The van der Waals surface area contributed by atoms with Crippen LogP contribution in [0.1, 0.15) is 20.8 Å². The van der Waals surface area contributed by atoms with E-state index in [0.29, 0.717) is 19.8 Å². The third-order valence-electron chi connectivity index (χ3n) is 1.91. The van der Waals surface area contributed by atoms with Gasteiger partial charge in [-0.05, 0) is 20.8 Å². The summed E-state index contributed by atoms with van der Waals surface area (Å²) >= 11 is 0. The zero-order chi connectivity index (χ0) is 15.1. The van der Waals surface area contributed by atoms with E-state index in [0.717, 1.165) is 0 Å². The van der Waals surface area contributed by atoms with Gasteiger partial charge >= 0.3 is 18.6 Å². The highest BCUT2D eigenvalue weighted by atomic mass is 28.4. The Hall–Kier alpha value is 0.154. The standard InChI is InChI=1S/C6H16O3Si.C4H12O4Si/c1-4-7-10(8-5-2)9-6-3;1-5-9(6-2,7-3)8-4/h10H,4-6H2,1-3H3;1-4H3. The van der Waals surface area contributed by atoms with Gasteiger partial charge in [-0.2, -0.15) is 0 Å². The SMILES string of the molecule is CCO[SiH](OCC)OCC.CO[Si](OC)(OC)OC. The zero-order valence-electron chi connectivity index (χ0n) is 13.1. The fraction of sp³-hybridized carbons (Fsp3) is 1.00. The highest BCUT2D eigenvalue weighted by Crippen LogP contribution is 2.04. The van der Waals surface area contributed by atoms with Crippen molar-refractivity contribution in [3.05, 3.63) is 0 Å². The van der Waals surface area contributed by atoms with Crippen molar-refractivity contribution in [2.75, 3.05) is 48.3 Å². The molecule has 7 nitrogen and oxygen atoms in total. The molecular formula is C10H28O7Si2. The Kier molecular flexibility index (Phi) is 16.4. The molecule has 0 heterocycles. The Morgan fingerprint density at radius 3 is 1.00 bits per heavy atom. The van der Waals surface area contributed by atoms with Crippen molar-refractivity contribution in [2.45, 2.75) is 20.8 Å². The molecule has 0 aromatic rings. The van der Waals surface area contributed by atoms with Crippen molar-refractivity contribution in [1.29, 1.82) is 0 Å². The minimum Gasteiger partial charge on any atom is -0.376 e. The summed E-state index contributed by atoms with van der Waals surface area (Å²) in [7, 11) is 1.53. The van der Waals surface area contributed by atoms with Crippen LogP contribution in [0.2, 0.25) is 0 Å². The monoisotopic (exact) mass is 316 g/mol. The quantitative estimate of drug-likeness (QED) is 0.553. The van der Waals surface area contributed by atoms with Crippen LogP contribution in [0.4, 0.5) is 0 Å². The van der Waals surface area contributed by atoms with Crippen LogP contribution in [-0.2, 0) is 31.0 Å². The maximum Gasteiger partial charge on any atom is 0.678 e. The van der Waals surface area contributed by atoms with Crippen LogP contribution in [0.5, 0.6) is 0 Å². The Labute approximate surface area is 119 Å². The zero-order valence-corrected chi connectivity index (χ0v) is 15.2. The summed E-state index contributed by atoms with van der Waals surface area (Å²) in [5.41, 5.74) is 0. The predicted octanol–water partition coefficient (Wildman–Crippen LogP) is 0.821. The first-order chi connectivity index (χ1) is 9.09. The average Bonchev–Trinajstić information content (AvgIpc) is 2.44. The lowest BCUT2D eigenvalue weighted by Crippen LogP contribution is -2.45. The largest absolute Gasteiger partial charge is 0.678 e. The molecule has 0 radical (unpaired) electrons. The molecular weight excluding hydrogens is 288 g/mol. The molecule has 0 N–H and O–H groups in total. The van der Waals surface area contributed by atoms with Gasteiger partial charge in [0.2, 0.25) is 0 Å². The topological polar surface area (TPSA) is 64.6 Å². The van der Waals surface area contributed by atoms with Crippen molar-refractivity contribution in [1.82, 2.24) is 0 Å². The Bertz CT molecular complexity index is 149. The fourth-order valence-corrected chi connectivity index (χ4v) is 3.16. The van der Waals surface area contributed by atoms with E-state index in [1.807, 2.05) is 20.8 Å². The fourth-order valence-electron chi connectivity index (χ4n) is 1.05. The predicted molar refractivity (Wildman–Crippen MR) is 75.8 cm³/mol. The normalized spacial score (nSPS) is 11.4. The molecule has 19 heavy (non-hydrogen) atoms. The minimum atomic E-state index is -2.69. The summed E-state index contributed by atoms with van der Waals surface area (Å²) in [4.78, 5) is 0. The molecule has 0 aromatic carbocycles. The summed E-state index contributed by atoms with van der Waals surface area (Å²) in [5, 5.41) is 0. The second-order valence-corrected chi connectivity index (χ2v) is 7.18. The van der Waals surface area contributed by atoms with E-state index in [2.05, 4.69) is 0 Å². The summed E-state index contributed by atoms with van der Waals surface area (Å²) in [6.45, 7) is 7.86. The Balaban J connectivity index is 0. The second-order valence-electron chi connectivity index (χ2n) is 2.97. The number of hydrogen-bond acceptors (Lipinski definition) is 7. The summed E-state index contributed by atoms with van der Waals surface area (Å²) < 4.78 is 35.1. The summed E-state index contributed by atoms with van der Waals surface area (Å²) in [6, 6.07) is 0. The third kappa shape index (κ3) is 10.6. The van der Waals surface area contributed by atoms with Gasteiger partial charge in [-0.3, -0.25) is 0 Å². The second kappa shape index (κ2) is 14.6. The van der Waals surface area contributed by atoms with E-state index in [4.69, 9.17) is 31.0 Å². The molecule has 0 saturated carbocycles. The summed E-state index contributed by atoms with van der Waals surface area (Å²) in [5.74, 6) is 0. The first kappa shape index (κ1) is 21.5. The molecule has 0 saturated heterocycles. The van der Waals surface area contributed by atoms with Gasteiger partial charge in [0, 0.05) is 48.3 Å². The third-order valence-corrected chi connectivity index (χ3v) is 5.72. The van der Waals surface area contributed by atoms with Gasteiger partial charge in [-0.15, -0.1) is 0 Å². The van der Waals surface area contributed by atoms with E-state index in [1.165, 1.54) is 28.4 Å². The molecule has 0 unspecified atom stereocenters. The van der Waals surface area contributed by atoms with E-state index >= 15 is 0 Å². The minimum absolute atomic E-state index is 0.677. The van der Waals surface area contributed by atoms with Gasteiger partial charge in [0.05, 0.1) is 0 Å². The van der Waals surface area contributed by atoms with Gasteiger partial charge < -0.3 is 31.0 Å². The Morgan fingerprint density at radius 2 is 0.895 bits per heavy atom. The van der Waals surface area contributed by atoms with Gasteiger partial charge in [0.1, 0.15) is 0 Å². The van der Waals surface area contributed by atoms with E-state index in [1.54, 1.807) is 0 Å². The van der Waals surface area contributed by atoms with Crippen LogP contribution in [0, 0.1) is 0 Å². The van der Waals surface area contributed by atoms with E-state index < -0.39 is 18.6 Å². The van der Waals surface area contributed by atoms with Crippen molar-refractivity contribution in [2.24, 2.45) is 0 Å². The highest BCUT2D eigenvalue weighted by molar-refractivity contribution is 6.53. The van der Waals surface area contributed by atoms with Crippen LogP contribution in [0.15, 0.2) is 0 Å². The molecule has 118 valence electrons. The van der Waals surface area contributed by atoms with Crippen LogP contribution in [0.25, 0.3) is 0 Å². The lowest BCUT2D eigenvalue weighted by Gasteiger charge is -2.19. The van der Waals surface area contributed by atoms with Crippen molar-refractivity contribution in [3.8, 4) is 0 Å². The Morgan fingerprint density at radius 1 is 0.632 bits per heavy atom. The van der Waals surface area contributed by atoms with Gasteiger partial charge in [-0.1, -0.05) is 0 Å². The van der Waals surface area contributed by atoms with Crippen LogP contribution >= 0.6 is 0 Å². The maximum absolute atomic E-state index is 5.22. The first-order valence-corrected chi connectivity index (χ1v) is 9.19. The van der Waals surface area contributed by atoms with Gasteiger partial charge in [-0.25, -0.2) is 0 Å². The molecule has 0 atom stereocenters. The van der Waals surface area contributed by atoms with Crippen molar-refractivity contribution in [3.63, 3.8) is 0 Å².